The summed E-state index contributed by atoms with van der Waals surface area (Å²) < 4.78 is 0.459. The number of aliphatic hydroxyl groups is 6. The van der Waals surface area contributed by atoms with E-state index in [1.807, 2.05) is 60.6 Å². The molecule has 6 aliphatic carbocycles. The largest absolute Gasteiger partial charge is 0.508 e. The number of carbonyl (C=O) groups is 6. The molecular weight excluding hydrogens is 1030 g/mol. The summed E-state index contributed by atoms with van der Waals surface area (Å²) in [7, 11) is 13.5. The Balaban J connectivity index is 0.000000250. The second kappa shape index (κ2) is 18.6. The van der Waals surface area contributed by atoms with Gasteiger partial charge in [-0.25, -0.2) is 0 Å². The second-order valence-corrected chi connectivity index (χ2v) is 19.9. The number of rotatable bonds is 6. The molecule has 2 amide bonds. The number of ketones is 4. The first-order chi connectivity index (χ1) is 31.1. The summed E-state index contributed by atoms with van der Waals surface area (Å²) in [5.74, 6) is -13.1. The number of aromatic hydroxyl groups is 2. The first kappa shape index (κ1) is 54.3. The molecule has 369 valence electrons. The lowest BCUT2D eigenvalue weighted by molar-refractivity contribution is -0.155. The number of aliphatic hydroxyl groups excluding tert-OH is 4. The molecule has 2 saturated carbocycles. The van der Waals surface area contributed by atoms with E-state index in [2.05, 4.69) is 0 Å². The van der Waals surface area contributed by atoms with E-state index in [-0.39, 0.29) is 80.3 Å². The highest BCUT2D eigenvalue weighted by molar-refractivity contribution is 14.1. The van der Waals surface area contributed by atoms with Crippen molar-refractivity contribution in [2.45, 2.75) is 49.0 Å². The maximum absolute atomic E-state index is 13.8. The van der Waals surface area contributed by atoms with Crippen molar-refractivity contribution < 1.29 is 69.6 Å². The van der Waals surface area contributed by atoms with Gasteiger partial charge in [-0.15, -0.1) is 12.4 Å². The zero-order valence-electron chi connectivity index (χ0n) is 38.9. The molecule has 0 saturated heterocycles. The number of benzene rings is 2. The van der Waals surface area contributed by atoms with Crippen LogP contribution < -0.4 is 21.3 Å². The summed E-state index contributed by atoms with van der Waals surface area (Å²) in [6.07, 6.45) is 0.642. The molecule has 0 bridgehead atoms. The summed E-state index contributed by atoms with van der Waals surface area (Å²) in [6.45, 7) is 0. The third-order valence-electron chi connectivity index (χ3n) is 14.2. The van der Waals surface area contributed by atoms with E-state index in [0.29, 0.717) is 14.7 Å². The predicted molar refractivity (Wildman–Crippen MR) is 263 cm³/mol. The molecule has 0 aliphatic heterocycles. The molecule has 0 heterocycles. The van der Waals surface area contributed by atoms with Crippen LogP contribution in [0.4, 0.5) is 11.4 Å². The number of amides is 2. The standard InChI is InChI=1S/C23H26IN3O7.C23H27N3O7.B.ClH/c1-26(2)12-7-11(24)17(28)14-9(12)5-8-6-10-16(27(3)4)19(30)15(22(25)33)21(32)23(10,34)20(31)13(8)18(14)29;1-25(2)12-5-6-13(27)15-10(12)7-9-8-11-17(26(3)4)19(29)16(22(24)32)21(31)23(11,33)20(30)14(9)18(15)28;;/h7-8,10,16,28-29,32,34H,5-6H2,1-4H3,(H2,25,33);5-6,9,11,17,27-28,31,33H,7-8H2,1-4H3,(H2,24,32);;1H/t8-,10-,16-,23-;9-,11-,17-,23-;;/m00../s1. The van der Waals surface area contributed by atoms with E-state index < -0.39 is 116 Å². The highest BCUT2D eigenvalue weighted by Crippen LogP contribution is 2.56. The summed E-state index contributed by atoms with van der Waals surface area (Å²) in [5.41, 5.74) is 6.33. The fraction of sp³-hybridized carbons (Fsp3) is 0.435. The van der Waals surface area contributed by atoms with Crippen molar-refractivity contribution in [2.24, 2.45) is 35.1 Å². The fourth-order valence-electron chi connectivity index (χ4n) is 11.3. The summed E-state index contributed by atoms with van der Waals surface area (Å²) in [4.78, 5) is 84.2. The fourth-order valence-corrected chi connectivity index (χ4v) is 11.9. The lowest BCUT2D eigenvalue weighted by Gasteiger charge is -2.50. The van der Waals surface area contributed by atoms with Gasteiger partial charge in [-0.05, 0) is 118 Å². The number of nitrogens with two attached hydrogens (primary N) is 2. The number of hydrogen-bond donors (Lipinski definition) is 10. The number of Topliss-reactive ketones (excluding diaryl/α,β-unsaturated/α-hetero) is 4. The topological polar surface area (TPSA) is 329 Å². The Morgan fingerprint density at radius 3 is 1.38 bits per heavy atom. The average molecular weight is 1090 g/mol. The van der Waals surface area contributed by atoms with Crippen molar-refractivity contribution >= 4 is 101 Å². The van der Waals surface area contributed by atoms with Gasteiger partial charge in [0.25, 0.3) is 11.8 Å². The van der Waals surface area contributed by atoms with E-state index >= 15 is 0 Å². The lowest BCUT2D eigenvalue weighted by atomic mass is 9.57. The second-order valence-electron chi connectivity index (χ2n) is 18.7. The van der Waals surface area contributed by atoms with Crippen LogP contribution in [0.5, 0.6) is 11.5 Å². The number of phenolic OH excluding ortho intramolecular Hbond substituents is 2. The molecule has 23 heteroatoms. The molecule has 2 aromatic rings. The van der Waals surface area contributed by atoms with Crippen LogP contribution in [-0.4, -0.2) is 174 Å². The molecule has 6 aliphatic rings. The van der Waals surface area contributed by atoms with E-state index in [4.69, 9.17) is 11.5 Å². The van der Waals surface area contributed by atoms with Gasteiger partial charge in [-0.3, -0.25) is 38.6 Å². The van der Waals surface area contributed by atoms with Gasteiger partial charge in [0.2, 0.25) is 11.6 Å². The van der Waals surface area contributed by atoms with Crippen molar-refractivity contribution in [3.05, 3.63) is 77.8 Å². The minimum atomic E-state index is -2.63. The Morgan fingerprint density at radius 2 is 1.01 bits per heavy atom. The maximum atomic E-state index is 13.8. The molecule has 8 atom stereocenters. The predicted octanol–water partition coefficient (Wildman–Crippen LogP) is 0.706. The Hall–Kier alpha value is -5.66. The molecule has 20 nitrogen and oxygen atoms in total. The van der Waals surface area contributed by atoms with E-state index in [1.165, 1.54) is 15.9 Å². The van der Waals surface area contributed by atoms with Crippen molar-refractivity contribution in [3.63, 3.8) is 0 Å². The molecule has 8 rings (SSSR count). The third-order valence-corrected chi connectivity index (χ3v) is 15.0. The molecule has 0 spiro atoms. The molecular formula is C46H54BClIN6O14. The number of phenols is 2. The Bertz CT molecular complexity index is 2770. The third kappa shape index (κ3) is 7.73. The number of hydrogen-bond acceptors (Lipinski definition) is 18. The Labute approximate surface area is 418 Å². The van der Waals surface area contributed by atoms with E-state index in [1.54, 1.807) is 40.3 Å². The number of likely N-dealkylation sites (N-methyl/N-ethyl adjacent to an activating group) is 2. The zero-order chi connectivity index (χ0) is 50.0. The number of carbonyl (C=O) groups excluding carboxylic acids is 6. The van der Waals surface area contributed by atoms with Gasteiger partial charge in [0.15, 0.2) is 22.8 Å². The highest BCUT2D eigenvalue weighted by Gasteiger charge is 2.66. The van der Waals surface area contributed by atoms with Crippen LogP contribution in [-0.2, 0) is 41.6 Å². The van der Waals surface area contributed by atoms with E-state index in [0.717, 1.165) is 11.4 Å². The molecule has 3 radical (unpaired) electrons. The summed E-state index contributed by atoms with van der Waals surface area (Å²) >= 11 is 1.92. The van der Waals surface area contributed by atoms with Gasteiger partial charge >= 0.3 is 0 Å². The van der Waals surface area contributed by atoms with Gasteiger partial charge < -0.3 is 62.1 Å². The Morgan fingerprint density at radius 1 is 0.638 bits per heavy atom. The van der Waals surface area contributed by atoms with Crippen molar-refractivity contribution in [1.82, 2.24) is 9.80 Å². The number of nitrogens with zero attached hydrogens (tertiary/aromatic N) is 4. The highest BCUT2D eigenvalue weighted by atomic mass is 127. The molecule has 2 aromatic carbocycles. The van der Waals surface area contributed by atoms with Crippen LogP contribution in [0.15, 0.2) is 52.0 Å². The molecule has 2 fully saturated rings. The summed E-state index contributed by atoms with van der Waals surface area (Å²) in [6, 6.07) is 2.68. The van der Waals surface area contributed by atoms with Crippen molar-refractivity contribution in [3.8, 4) is 11.5 Å². The average Bonchev–Trinajstić information content (AvgIpc) is 3.21. The SMILES string of the molecule is CN(C)c1cc(I)c(O)c2c1C[C@H]1C[C@H]3[C@H](N(C)C)C(=O)C(C(N)=O)=C(O)[C@@]3(O)C(=O)C1=C2O.CN(C)c1ccc(O)c2c1C[C@H]1C[C@H]3[C@H](N(C)C)C(=O)C(C(N)=O)=C(O)[C@@]3(O)C(=O)C1=C2O.Cl.[B]. The smallest absolute Gasteiger partial charge is 0.255 e. The maximum Gasteiger partial charge on any atom is 0.255 e. The van der Waals surface area contributed by atoms with Gasteiger partial charge in [0.1, 0.15) is 45.7 Å². The normalized spacial score (nSPS) is 28.0. The summed E-state index contributed by atoms with van der Waals surface area (Å²) in [5, 5.41) is 88.3. The number of fused-ring (bicyclic) bond motifs is 6. The number of halogens is 2. The van der Waals surface area contributed by atoms with Gasteiger partial charge in [0, 0.05) is 71.0 Å². The molecule has 12 N–H and O–H groups in total. The van der Waals surface area contributed by atoms with E-state index in [9.17, 15) is 69.6 Å². The molecule has 69 heavy (non-hydrogen) atoms. The number of anilines is 2. The van der Waals surface area contributed by atoms with Crippen LogP contribution in [0, 0.1) is 27.2 Å². The molecule has 0 unspecified atom stereocenters. The van der Waals surface area contributed by atoms with Crippen LogP contribution >= 0.6 is 35.0 Å². The lowest BCUT2D eigenvalue weighted by Crippen LogP contribution is -2.65. The minimum absolute atomic E-state index is 0. The first-order valence-electron chi connectivity index (χ1n) is 21.1. The number of primary amides is 2. The van der Waals surface area contributed by atoms with Gasteiger partial charge in [-0.1, -0.05) is 0 Å². The minimum Gasteiger partial charge on any atom is -0.508 e. The quantitative estimate of drug-likeness (QED) is 0.108. The van der Waals surface area contributed by atoms with Crippen molar-refractivity contribution in [1.29, 1.82) is 0 Å². The van der Waals surface area contributed by atoms with Crippen LogP contribution in [0.2, 0.25) is 0 Å². The van der Waals surface area contributed by atoms with Crippen LogP contribution in [0.3, 0.4) is 0 Å². The van der Waals surface area contributed by atoms with Crippen molar-refractivity contribution in [2.75, 3.05) is 66.2 Å². The van der Waals surface area contributed by atoms with Crippen LogP contribution in [0.1, 0.15) is 35.1 Å². The van der Waals surface area contributed by atoms with Gasteiger partial charge in [-0.2, -0.15) is 0 Å². The Kier molecular flexibility index (Phi) is 14.6. The van der Waals surface area contributed by atoms with Crippen LogP contribution in [0.25, 0.3) is 11.5 Å². The van der Waals surface area contributed by atoms with Gasteiger partial charge in [0.05, 0.1) is 26.8 Å². The zero-order valence-corrected chi connectivity index (χ0v) is 41.8. The first-order valence-corrected chi connectivity index (χ1v) is 22.2. The molecule has 0 aromatic heterocycles. The monoisotopic (exact) mass is 1090 g/mol.